The number of hydrogen-bond donors (Lipinski definition) is 2. The van der Waals surface area contributed by atoms with E-state index in [2.05, 4.69) is 22.5 Å². The van der Waals surface area contributed by atoms with Crippen LogP contribution >= 0.6 is 11.6 Å². The van der Waals surface area contributed by atoms with E-state index in [1.807, 2.05) is 44.2 Å². The van der Waals surface area contributed by atoms with Crippen LogP contribution in [0.25, 0.3) is 0 Å². The van der Waals surface area contributed by atoms with Gasteiger partial charge in [0, 0.05) is 5.69 Å². The van der Waals surface area contributed by atoms with Gasteiger partial charge in [-0.3, -0.25) is 0 Å². The number of carbonyl (C=O) groups excluding carboxylic acids is 1. The van der Waals surface area contributed by atoms with Gasteiger partial charge in [0.1, 0.15) is 12.4 Å². The summed E-state index contributed by atoms with van der Waals surface area (Å²) in [4.78, 5) is 11.8. The minimum atomic E-state index is -0.292. The summed E-state index contributed by atoms with van der Waals surface area (Å²) in [7, 11) is 0. The van der Waals surface area contributed by atoms with Gasteiger partial charge in [-0.25, -0.2) is 4.79 Å². The zero-order valence-electron chi connectivity index (χ0n) is 13.7. The van der Waals surface area contributed by atoms with E-state index < -0.39 is 0 Å². The number of amides is 2. The number of rotatable bonds is 4. The molecule has 0 atom stereocenters. The van der Waals surface area contributed by atoms with Crippen molar-refractivity contribution >= 4 is 23.3 Å². The van der Waals surface area contributed by atoms with Crippen molar-refractivity contribution in [2.24, 2.45) is 0 Å². The van der Waals surface area contributed by atoms with Gasteiger partial charge in [-0.1, -0.05) is 41.6 Å². The van der Waals surface area contributed by atoms with Crippen LogP contribution in [0.3, 0.4) is 0 Å². The standard InChI is InChI=1S/C19H19ClN2O2/c1-14-9-10-16(13-15(14)2)22-19(23)21-11-5-6-12-24-18-8-4-3-7-17(18)20/h3-4,7-10,13H,11-12H2,1-2H3,(H2,21,22,23). The second-order valence-corrected chi connectivity index (χ2v) is 5.59. The molecule has 2 aromatic carbocycles. The number of benzene rings is 2. The van der Waals surface area contributed by atoms with E-state index in [-0.39, 0.29) is 19.2 Å². The van der Waals surface area contributed by atoms with Crippen LogP contribution in [0.15, 0.2) is 42.5 Å². The smallest absolute Gasteiger partial charge is 0.319 e. The van der Waals surface area contributed by atoms with Gasteiger partial charge >= 0.3 is 6.03 Å². The molecule has 124 valence electrons. The third-order valence-corrected chi connectivity index (χ3v) is 3.68. The Morgan fingerprint density at radius 2 is 1.92 bits per heavy atom. The van der Waals surface area contributed by atoms with Gasteiger partial charge in [0.05, 0.1) is 11.6 Å². The molecule has 0 heterocycles. The van der Waals surface area contributed by atoms with Crippen LogP contribution in [0, 0.1) is 25.7 Å². The molecule has 2 amide bonds. The summed E-state index contributed by atoms with van der Waals surface area (Å²) >= 11 is 5.97. The van der Waals surface area contributed by atoms with Crippen molar-refractivity contribution in [2.45, 2.75) is 13.8 Å². The molecule has 24 heavy (non-hydrogen) atoms. The highest BCUT2D eigenvalue weighted by atomic mass is 35.5. The van der Waals surface area contributed by atoms with Crippen molar-refractivity contribution in [1.29, 1.82) is 0 Å². The van der Waals surface area contributed by atoms with Crippen molar-refractivity contribution in [2.75, 3.05) is 18.5 Å². The van der Waals surface area contributed by atoms with Crippen molar-refractivity contribution in [3.05, 3.63) is 58.6 Å². The summed E-state index contributed by atoms with van der Waals surface area (Å²) in [6.45, 7) is 4.48. The van der Waals surface area contributed by atoms with Crippen LogP contribution in [0.2, 0.25) is 5.02 Å². The van der Waals surface area contributed by atoms with Crippen LogP contribution in [-0.2, 0) is 0 Å². The average Bonchev–Trinajstić information content (AvgIpc) is 2.56. The summed E-state index contributed by atoms with van der Waals surface area (Å²) in [6.07, 6.45) is 0. The first-order valence-electron chi connectivity index (χ1n) is 7.51. The molecule has 0 radical (unpaired) electrons. The normalized spacial score (nSPS) is 9.62. The minimum absolute atomic E-state index is 0.212. The molecule has 4 nitrogen and oxygen atoms in total. The van der Waals surface area contributed by atoms with Crippen LogP contribution in [0.4, 0.5) is 10.5 Å². The van der Waals surface area contributed by atoms with Crippen LogP contribution in [0.5, 0.6) is 5.75 Å². The van der Waals surface area contributed by atoms with E-state index in [9.17, 15) is 4.79 Å². The Balaban J connectivity index is 1.71. The summed E-state index contributed by atoms with van der Waals surface area (Å²) in [5, 5.41) is 5.98. The van der Waals surface area contributed by atoms with Crippen LogP contribution in [0.1, 0.15) is 11.1 Å². The number of nitrogens with one attached hydrogen (secondary N) is 2. The van der Waals surface area contributed by atoms with Gasteiger partial charge in [-0.05, 0) is 49.2 Å². The third-order valence-electron chi connectivity index (χ3n) is 3.36. The van der Waals surface area contributed by atoms with Gasteiger partial charge in [-0.2, -0.15) is 0 Å². The number of para-hydroxylation sites is 1. The average molecular weight is 343 g/mol. The summed E-state index contributed by atoms with van der Waals surface area (Å²) in [5.74, 6) is 6.24. The van der Waals surface area contributed by atoms with Crippen LogP contribution in [-0.4, -0.2) is 19.2 Å². The summed E-state index contributed by atoms with van der Waals surface area (Å²) in [5.41, 5.74) is 3.07. The molecule has 0 aliphatic heterocycles. The van der Waals surface area contributed by atoms with E-state index in [0.29, 0.717) is 10.8 Å². The summed E-state index contributed by atoms with van der Waals surface area (Å²) < 4.78 is 5.43. The Kier molecular flexibility index (Phi) is 6.53. The third kappa shape index (κ3) is 5.53. The van der Waals surface area contributed by atoms with Crippen molar-refractivity contribution in [3.8, 4) is 17.6 Å². The fourth-order valence-electron chi connectivity index (χ4n) is 1.91. The Morgan fingerprint density at radius 1 is 1.12 bits per heavy atom. The molecular formula is C19H19ClN2O2. The maximum absolute atomic E-state index is 11.8. The quantitative estimate of drug-likeness (QED) is 0.820. The lowest BCUT2D eigenvalue weighted by atomic mass is 10.1. The van der Waals surface area contributed by atoms with E-state index >= 15 is 0 Å². The fourth-order valence-corrected chi connectivity index (χ4v) is 2.10. The lowest BCUT2D eigenvalue weighted by Crippen LogP contribution is -2.29. The Morgan fingerprint density at radius 3 is 2.67 bits per heavy atom. The van der Waals surface area contributed by atoms with Gasteiger partial charge in [-0.15, -0.1) is 0 Å². The number of halogens is 1. The molecule has 0 saturated carbocycles. The Bertz CT molecular complexity index is 778. The highest BCUT2D eigenvalue weighted by molar-refractivity contribution is 6.32. The number of ether oxygens (including phenoxy) is 1. The van der Waals surface area contributed by atoms with E-state index in [0.717, 1.165) is 11.3 Å². The zero-order chi connectivity index (χ0) is 17.4. The molecule has 0 saturated heterocycles. The molecule has 2 aromatic rings. The molecule has 2 N–H and O–H groups in total. The first-order chi connectivity index (χ1) is 11.6. The second kappa shape index (κ2) is 8.85. The molecule has 0 aliphatic carbocycles. The molecule has 0 aromatic heterocycles. The minimum Gasteiger partial charge on any atom is -0.479 e. The summed E-state index contributed by atoms with van der Waals surface area (Å²) in [6, 6.07) is 12.7. The van der Waals surface area contributed by atoms with E-state index in [4.69, 9.17) is 16.3 Å². The molecule has 2 rings (SSSR count). The van der Waals surface area contributed by atoms with Gasteiger partial charge in [0.15, 0.2) is 0 Å². The molecule has 0 fully saturated rings. The molecule has 0 aliphatic rings. The number of aryl methyl sites for hydroxylation is 2. The first-order valence-corrected chi connectivity index (χ1v) is 7.89. The van der Waals surface area contributed by atoms with Crippen molar-refractivity contribution in [3.63, 3.8) is 0 Å². The van der Waals surface area contributed by atoms with Crippen LogP contribution < -0.4 is 15.4 Å². The molecule has 5 heteroatoms. The lowest BCUT2D eigenvalue weighted by Gasteiger charge is -2.07. The van der Waals surface area contributed by atoms with Gasteiger partial charge in [0.25, 0.3) is 0 Å². The highest BCUT2D eigenvalue weighted by Crippen LogP contribution is 2.22. The Hall–Kier alpha value is -2.64. The maximum Gasteiger partial charge on any atom is 0.319 e. The van der Waals surface area contributed by atoms with E-state index in [1.165, 1.54) is 5.56 Å². The highest BCUT2D eigenvalue weighted by Gasteiger charge is 2.01. The predicted octanol–water partition coefficient (Wildman–Crippen LogP) is 4.16. The number of carbonyl (C=O) groups is 1. The van der Waals surface area contributed by atoms with Gasteiger partial charge in [0.2, 0.25) is 0 Å². The first kappa shape index (κ1) is 17.7. The predicted molar refractivity (Wildman–Crippen MR) is 97.7 cm³/mol. The number of urea groups is 1. The Labute approximate surface area is 147 Å². The molecule has 0 spiro atoms. The molecule has 0 bridgehead atoms. The topological polar surface area (TPSA) is 50.4 Å². The molecular weight excluding hydrogens is 324 g/mol. The SMILES string of the molecule is Cc1ccc(NC(=O)NCC#CCOc2ccccc2Cl)cc1C. The van der Waals surface area contributed by atoms with Gasteiger partial charge < -0.3 is 15.4 Å². The number of hydrogen-bond acceptors (Lipinski definition) is 2. The van der Waals surface area contributed by atoms with Crippen molar-refractivity contribution in [1.82, 2.24) is 5.32 Å². The zero-order valence-corrected chi connectivity index (χ0v) is 14.4. The number of anilines is 1. The molecule has 0 unspecified atom stereocenters. The lowest BCUT2D eigenvalue weighted by molar-refractivity contribution is 0.253. The monoisotopic (exact) mass is 342 g/mol. The maximum atomic E-state index is 11.8. The largest absolute Gasteiger partial charge is 0.479 e. The van der Waals surface area contributed by atoms with E-state index in [1.54, 1.807) is 12.1 Å². The fraction of sp³-hybridized carbons (Fsp3) is 0.211. The van der Waals surface area contributed by atoms with Crippen molar-refractivity contribution < 1.29 is 9.53 Å². The second-order valence-electron chi connectivity index (χ2n) is 5.18.